The molecule has 3 rings (SSSR count). The molecule has 1 aliphatic heterocycles. The zero-order valence-corrected chi connectivity index (χ0v) is 12.6. The molecule has 6 heteroatoms. The Morgan fingerprint density at radius 1 is 1.22 bits per heavy atom. The van der Waals surface area contributed by atoms with Crippen molar-refractivity contribution in [2.24, 2.45) is 0 Å². The number of nitrogens with one attached hydrogen (secondary N) is 2. The lowest BCUT2D eigenvalue weighted by molar-refractivity contribution is -0.117. The van der Waals surface area contributed by atoms with Crippen molar-refractivity contribution >= 4 is 29.0 Å². The lowest BCUT2D eigenvalue weighted by Gasteiger charge is -2.15. The number of carbonyl (C=O) groups is 2. The first-order chi connectivity index (χ1) is 11.1. The number of halogens is 1. The van der Waals surface area contributed by atoms with E-state index in [1.807, 2.05) is 13.0 Å². The molecule has 0 radical (unpaired) electrons. The Hall–Kier alpha value is -2.89. The lowest BCUT2D eigenvalue weighted by atomic mass is 10.1. The summed E-state index contributed by atoms with van der Waals surface area (Å²) in [6, 6.07) is 10.7. The number of nitrogens with zero attached hydrogens (tertiary/aromatic N) is 1. The van der Waals surface area contributed by atoms with Gasteiger partial charge in [-0.1, -0.05) is 12.1 Å². The zero-order valence-electron chi connectivity index (χ0n) is 12.6. The number of hydrogen-bond acceptors (Lipinski definition) is 2. The molecule has 0 unspecified atom stereocenters. The Kier molecular flexibility index (Phi) is 3.97. The Morgan fingerprint density at radius 3 is 2.74 bits per heavy atom. The van der Waals surface area contributed by atoms with Crippen molar-refractivity contribution in [3.05, 3.63) is 53.8 Å². The average Bonchev–Trinajstić information content (AvgIpc) is 2.83. The molecule has 118 valence electrons. The zero-order chi connectivity index (χ0) is 16.4. The predicted molar refractivity (Wildman–Crippen MR) is 87.2 cm³/mol. The summed E-state index contributed by atoms with van der Waals surface area (Å²) in [6.07, 6.45) is 0.327. The fraction of sp³-hybridized carbons (Fsp3) is 0.176. The van der Waals surface area contributed by atoms with E-state index in [-0.39, 0.29) is 11.6 Å². The molecule has 0 aliphatic carbocycles. The maximum absolute atomic E-state index is 13.5. The molecule has 3 amide bonds. The van der Waals surface area contributed by atoms with Crippen molar-refractivity contribution in [3.8, 4) is 0 Å². The van der Waals surface area contributed by atoms with Crippen LogP contribution in [0.5, 0.6) is 0 Å². The van der Waals surface area contributed by atoms with E-state index in [9.17, 15) is 14.0 Å². The molecule has 0 saturated carbocycles. The molecule has 2 aromatic rings. The summed E-state index contributed by atoms with van der Waals surface area (Å²) in [6.45, 7) is 2.54. The van der Waals surface area contributed by atoms with Gasteiger partial charge in [0.15, 0.2) is 0 Å². The quantitative estimate of drug-likeness (QED) is 0.912. The molecule has 0 fully saturated rings. The third kappa shape index (κ3) is 3.01. The van der Waals surface area contributed by atoms with Crippen LogP contribution in [0.4, 0.5) is 26.2 Å². The minimum absolute atomic E-state index is 0.0514. The highest BCUT2D eigenvalue weighted by Crippen LogP contribution is 2.31. The van der Waals surface area contributed by atoms with E-state index in [1.54, 1.807) is 29.2 Å². The van der Waals surface area contributed by atoms with Crippen molar-refractivity contribution in [3.63, 3.8) is 0 Å². The van der Waals surface area contributed by atoms with Gasteiger partial charge in [-0.25, -0.2) is 9.18 Å². The smallest absolute Gasteiger partial charge is 0.312 e. The third-order valence-corrected chi connectivity index (χ3v) is 3.71. The van der Waals surface area contributed by atoms with Crippen molar-refractivity contribution in [1.82, 2.24) is 0 Å². The molecule has 0 saturated heterocycles. The highest BCUT2D eigenvalue weighted by Gasteiger charge is 2.25. The van der Waals surface area contributed by atoms with Crippen LogP contribution in [0.1, 0.15) is 12.5 Å². The van der Waals surface area contributed by atoms with Crippen LogP contribution >= 0.6 is 0 Å². The van der Waals surface area contributed by atoms with Gasteiger partial charge in [-0.2, -0.15) is 0 Å². The van der Waals surface area contributed by atoms with E-state index < -0.39 is 11.8 Å². The predicted octanol–water partition coefficient (Wildman–Crippen LogP) is 3.38. The van der Waals surface area contributed by atoms with Crippen molar-refractivity contribution < 1.29 is 14.0 Å². The SMILES string of the molecule is CCN1C(=O)Cc2cc(NC(=O)Nc3ccccc3F)ccc21. The van der Waals surface area contributed by atoms with Crippen LogP contribution in [0.2, 0.25) is 0 Å². The molecule has 0 bridgehead atoms. The summed E-state index contributed by atoms with van der Waals surface area (Å²) in [5, 5.41) is 5.10. The Balaban J connectivity index is 1.72. The summed E-state index contributed by atoms with van der Waals surface area (Å²) >= 11 is 0. The summed E-state index contributed by atoms with van der Waals surface area (Å²) in [4.78, 5) is 25.5. The maximum atomic E-state index is 13.5. The first-order valence-corrected chi connectivity index (χ1v) is 7.34. The van der Waals surface area contributed by atoms with Crippen molar-refractivity contribution in [2.45, 2.75) is 13.3 Å². The molecule has 1 heterocycles. The van der Waals surface area contributed by atoms with Crippen LogP contribution in [-0.2, 0) is 11.2 Å². The van der Waals surface area contributed by atoms with Crippen LogP contribution in [0.3, 0.4) is 0 Å². The first kappa shape index (κ1) is 15.0. The second kappa shape index (κ2) is 6.08. The van der Waals surface area contributed by atoms with Gasteiger partial charge in [0.05, 0.1) is 12.1 Å². The summed E-state index contributed by atoms with van der Waals surface area (Å²) < 4.78 is 13.5. The second-order valence-electron chi connectivity index (χ2n) is 5.22. The fourth-order valence-corrected chi connectivity index (χ4v) is 2.65. The van der Waals surface area contributed by atoms with Gasteiger partial charge in [0.2, 0.25) is 5.91 Å². The van der Waals surface area contributed by atoms with Crippen molar-refractivity contribution in [2.75, 3.05) is 22.1 Å². The number of para-hydroxylation sites is 1. The Morgan fingerprint density at radius 2 is 2.00 bits per heavy atom. The van der Waals surface area contributed by atoms with Gasteiger partial charge in [-0.15, -0.1) is 0 Å². The number of likely N-dealkylation sites (N-methyl/N-ethyl adjacent to an activating group) is 1. The Bertz CT molecular complexity index is 776. The molecule has 0 aromatic heterocycles. The van der Waals surface area contributed by atoms with E-state index in [2.05, 4.69) is 10.6 Å². The number of fused-ring (bicyclic) bond motifs is 1. The van der Waals surface area contributed by atoms with E-state index in [1.165, 1.54) is 12.1 Å². The first-order valence-electron chi connectivity index (χ1n) is 7.34. The van der Waals surface area contributed by atoms with Crippen LogP contribution in [0.25, 0.3) is 0 Å². The lowest BCUT2D eigenvalue weighted by Crippen LogP contribution is -2.25. The molecule has 23 heavy (non-hydrogen) atoms. The summed E-state index contributed by atoms with van der Waals surface area (Å²) in [5.74, 6) is -0.448. The molecule has 2 aromatic carbocycles. The summed E-state index contributed by atoms with van der Waals surface area (Å²) in [5.41, 5.74) is 2.42. The fourth-order valence-electron chi connectivity index (χ4n) is 2.65. The second-order valence-corrected chi connectivity index (χ2v) is 5.22. The molecule has 0 spiro atoms. The van der Waals surface area contributed by atoms with E-state index >= 15 is 0 Å². The van der Waals surface area contributed by atoms with Gasteiger partial charge in [-0.05, 0) is 42.8 Å². The number of carbonyl (C=O) groups excluding carboxylic acids is 2. The minimum atomic E-state index is -0.535. The van der Waals surface area contributed by atoms with Crippen molar-refractivity contribution in [1.29, 1.82) is 0 Å². The summed E-state index contributed by atoms with van der Waals surface area (Å²) in [7, 11) is 0. The van der Waals surface area contributed by atoms with E-state index in [0.29, 0.717) is 18.7 Å². The van der Waals surface area contributed by atoms with Crippen LogP contribution in [-0.4, -0.2) is 18.5 Å². The molecule has 1 aliphatic rings. The topological polar surface area (TPSA) is 61.4 Å². The van der Waals surface area contributed by atoms with Gasteiger partial charge >= 0.3 is 6.03 Å². The van der Waals surface area contributed by atoms with Gasteiger partial charge in [0.25, 0.3) is 0 Å². The number of rotatable bonds is 3. The van der Waals surface area contributed by atoms with Gasteiger partial charge in [0, 0.05) is 17.9 Å². The monoisotopic (exact) mass is 313 g/mol. The van der Waals surface area contributed by atoms with Crippen LogP contribution < -0.4 is 15.5 Å². The number of anilines is 3. The average molecular weight is 313 g/mol. The molecular weight excluding hydrogens is 297 g/mol. The minimum Gasteiger partial charge on any atom is -0.312 e. The number of urea groups is 1. The van der Waals surface area contributed by atoms with Crippen LogP contribution in [0.15, 0.2) is 42.5 Å². The molecule has 5 nitrogen and oxygen atoms in total. The Labute approximate surface area is 133 Å². The van der Waals surface area contributed by atoms with E-state index in [0.717, 1.165) is 11.3 Å². The molecule has 0 atom stereocenters. The number of amides is 3. The normalized spacial score (nSPS) is 13.0. The highest BCUT2D eigenvalue weighted by molar-refractivity contribution is 6.03. The van der Waals surface area contributed by atoms with Gasteiger partial charge in [0.1, 0.15) is 5.82 Å². The largest absolute Gasteiger partial charge is 0.323 e. The standard InChI is InChI=1S/C17H16FN3O2/c1-2-21-15-8-7-12(9-11(15)10-16(21)22)19-17(23)20-14-6-4-3-5-13(14)18/h3-9H,2,10H2,1H3,(H2,19,20,23). The molecule has 2 N–H and O–H groups in total. The van der Waals surface area contributed by atoms with E-state index in [4.69, 9.17) is 0 Å². The van der Waals surface area contributed by atoms with Crippen LogP contribution in [0, 0.1) is 5.82 Å². The number of hydrogen-bond donors (Lipinski definition) is 2. The van der Waals surface area contributed by atoms with Gasteiger partial charge in [-0.3, -0.25) is 4.79 Å². The maximum Gasteiger partial charge on any atom is 0.323 e. The molecular formula is C17H16FN3O2. The van der Waals surface area contributed by atoms with Gasteiger partial charge < -0.3 is 15.5 Å². The number of benzene rings is 2. The highest BCUT2D eigenvalue weighted by atomic mass is 19.1. The third-order valence-electron chi connectivity index (χ3n) is 3.71.